The molecule has 0 aliphatic carbocycles. The highest BCUT2D eigenvalue weighted by Gasteiger charge is 2.25. The number of nitrogens with one attached hydrogen (secondary N) is 1. The molecule has 1 heterocycles. The summed E-state index contributed by atoms with van der Waals surface area (Å²) in [5, 5.41) is 2.71. The molecule has 0 radical (unpaired) electrons. The summed E-state index contributed by atoms with van der Waals surface area (Å²) in [5.74, 6) is 6.46. The van der Waals surface area contributed by atoms with Crippen molar-refractivity contribution >= 4 is 17.5 Å². The van der Waals surface area contributed by atoms with Gasteiger partial charge in [-0.3, -0.25) is 9.78 Å². The van der Waals surface area contributed by atoms with Crippen molar-refractivity contribution in [2.45, 2.75) is 13.8 Å². The number of amides is 1. The first-order valence-corrected chi connectivity index (χ1v) is 6.42. The van der Waals surface area contributed by atoms with Gasteiger partial charge in [-0.15, -0.1) is 11.6 Å². The topological polar surface area (TPSA) is 51.2 Å². The molecule has 0 spiro atoms. The number of carbonyl (C=O) groups is 1. The zero-order valence-corrected chi connectivity index (χ0v) is 11.8. The van der Waals surface area contributed by atoms with Crippen LogP contribution >= 0.6 is 11.6 Å². The minimum Gasteiger partial charge on any atom is -0.479 e. The second kappa shape index (κ2) is 7.65. The van der Waals surface area contributed by atoms with Gasteiger partial charge in [-0.05, 0) is 26.0 Å². The van der Waals surface area contributed by atoms with Crippen LogP contribution in [0.3, 0.4) is 0 Å². The average Bonchev–Trinajstić information content (AvgIpc) is 2.43. The van der Waals surface area contributed by atoms with Crippen molar-refractivity contribution in [3.63, 3.8) is 0 Å². The maximum atomic E-state index is 11.6. The lowest BCUT2D eigenvalue weighted by Gasteiger charge is -2.19. The summed E-state index contributed by atoms with van der Waals surface area (Å²) in [6, 6.07) is 3.59. The third kappa shape index (κ3) is 5.62. The number of nitrogens with zero attached hydrogens (tertiary/aromatic N) is 1. The van der Waals surface area contributed by atoms with Crippen molar-refractivity contribution in [1.29, 1.82) is 0 Å². The lowest BCUT2D eigenvalue weighted by molar-refractivity contribution is -0.128. The molecule has 0 unspecified atom stereocenters. The van der Waals surface area contributed by atoms with Crippen LogP contribution in [-0.2, 0) is 4.79 Å². The second-order valence-corrected chi connectivity index (χ2v) is 4.80. The van der Waals surface area contributed by atoms with E-state index in [0.29, 0.717) is 5.75 Å². The zero-order chi connectivity index (χ0) is 14.1. The Morgan fingerprint density at radius 1 is 1.53 bits per heavy atom. The molecule has 0 fully saturated rings. The second-order valence-electron chi connectivity index (χ2n) is 4.53. The first-order chi connectivity index (χ1) is 9.06. The standard InChI is InChI=1S/C14H17ClN2O2/c1-14(2,11-15)13(18)17-8-3-4-9-19-12-6-5-7-16-10-12/h5-7,10H,8-9,11H2,1-2H3,(H,17,18). The van der Waals surface area contributed by atoms with Gasteiger partial charge in [-0.25, -0.2) is 0 Å². The molecule has 5 heteroatoms. The highest BCUT2D eigenvalue weighted by molar-refractivity contribution is 6.19. The van der Waals surface area contributed by atoms with E-state index in [2.05, 4.69) is 22.1 Å². The van der Waals surface area contributed by atoms with E-state index in [4.69, 9.17) is 16.3 Å². The van der Waals surface area contributed by atoms with Gasteiger partial charge in [-0.2, -0.15) is 0 Å². The maximum absolute atomic E-state index is 11.6. The van der Waals surface area contributed by atoms with Crippen molar-refractivity contribution in [3.05, 3.63) is 24.5 Å². The summed E-state index contributed by atoms with van der Waals surface area (Å²) in [5.41, 5.74) is -0.574. The predicted molar refractivity (Wildman–Crippen MR) is 75.0 cm³/mol. The highest BCUT2D eigenvalue weighted by Crippen LogP contribution is 2.16. The van der Waals surface area contributed by atoms with Crippen LogP contribution in [0.2, 0.25) is 0 Å². The van der Waals surface area contributed by atoms with E-state index in [1.807, 2.05) is 0 Å². The van der Waals surface area contributed by atoms with Crippen molar-refractivity contribution in [2.75, 3.05) is 19.0 Å². The largest absolute Gasteiger partial charge is 0.479 e. The van der Waals surface area contributed by atoms with E-state index in [0.717, 1.165) is 0 Å². The summed E-state index contributed by atoms with van der Waals surface area (Å²) < 4.78 is 5.33. The van der Waals surface area contributed by atoms with Crippen LogP contribution in [0.25, 0.3) is 0 Å². The molecule has 0 bridgehead atoms. The van der Waals surface area contributed by atoms with Gasteiger partial charge in [0.25, 0.3) is 0 Å². The molecule has 1 amide bonds. The smallest absolute Gasteiger partial charge is 0.227 e. The lowest BCUT2D eigenvalue weighted by atomic mass is 9.95. The molecule has 102 valence electrons. The van der Waals surface area contributed by atoms with Crippen LogP contribution < -0.4 is 10.1 Å². The molecule has 4 nitrogen and oxygen atoms in total. The molecule has 0 aromatic carbocycles. The fraction of sp³-hybridized carbons (Fsp3) is 0.429. The minimum absolute atomic E-state index is 0.107. The summed E-state index contributed by atoms with van der Waals surface area (Å²) in [4.78, 5) is 15.6. The van der Waals surface area contributed by atoms with E-state index in [9.17, 15) is 4.79 Å². The summed E-state index contributed by atoms with van der Waals surface area (Å²) in [7, 11) is 0. The molecule has 1 N–H and O–H groups in total. The van der Waals surface area contributed by atoms with Gasteiger partial charge in [-0.1, -0.05) is 11.8 Å². The van der Waals surface area contributed by atoms with E-state index >= 15 is 0 Å². The van der Waals surface area contributed by atoms with Crippen molar-refractivity contribution in [2.24, 2.45) is 5.41 Å². The first-order valence-electron chi connectivity index (χ1n) is 5.89. The summed E-state index contributed by atoms with van der Waals surface area (Å²) >= 11 is 5.70. The number of carbonyl (C=O) groups excluding carboxylic acids is 1. The Morgan fingerprint density at radius 2 is 2.32 bits per heavy atom. The molecule has 1 aromatic rings. The van der Waals surface area contributed by atoms with Gasteiger partial charge < -0.3 is 10.1 Å². The summed E-state index contributed by atoms with van der Waals surface area (Å²) in [6.07, 6.45) is 3.29. The van der Waals surface area contributed by atoms with Gasteiger partial charge in [0.1, 0.15) is 12.4 Å². The number of rotatable bonds is 5. The van der Waals surface area contributed by atoms with Gasteiger partial charge in [0.2, 0.25) is 5.91 Å². The van der Waals surface area contributed by atoms with E-state index < -0.39 is 5.41 Å². The molecule has 1 rings (SSSR count). The Bertz CT molecular complexity index is 463. The Balaban J connectivity index is 2.24. The first kappa shape index (κ1) is 15.3. The Morgan fingerprint density at radius 3 is 2.95 bits per heavy atom. The molecule has 0 aliphatic rings. The van der Waals surface area contributed by atoms with E-state index in [1.165, 1.54) is 0 Å². The molecule has 0 atom stereocenters. The Kier molecular flexibility index (Phi) is 6.17. The van der Waals surface area contributed by atoms with Crippen LogP contribution in [0, 0.1) is 17.3 Å². The Labute approximate surface area is 118 Å². The van der Waals surface area contributed by atoms with Crippen LogP contribution in [0.4, 0.5) is 0 Å². The SMILES string of the molecule is CC(C)(CCl)C(=O)NCC#CCOc1cccnc1. The van der Waals surface area contributed by atoms with Crippen molar-refractivity contribution in [3.8, 4) is 17.6 Å². The third-order valence-corrected chi connectivity index (χ3v) is 3.02. The van der Waals surface area contributed by atoms with Crippen molar-refractivity contribution < 1.29 is 9.53 Å². The average molecular weight is 281 g/mol. The molecular formula is C14H17ClN2O2. The number of hydrogen-bond donors (Lipinski definition) is 1. The third-order valence-electron chi connectivity index (χ3n) is 2.36. The highest BCUT2D eigenvalue weighted by atomic mass is 35.5. The van der Waals surface area contributed by atoms with Gasteiger partial charge in [0, 0.05) is 12.1 Å². The fourth-order valence-corrected chi connectivity index (χ4v) is 1.21. The lowest BCUT2D eigenvalue weighted by Crippen LogP contribution is -2.38. The van der Waals surface area contributed by atoms with E-state index in [1.54, 1.807) is 38.4 Å². The van der Waals surface area contributed by atoms with Gasteiger partial charge in [0.15, 0.2) is 0 Å². The number of pyridine rings is 1. The number of aromatic nitrogens is 1. The quantitative estimate of drug-likeness (QED) is 0.661. The van der Waals surface area contributed by atoms with Crippen LogP contribution in [0.5, 0.6) is 5.75 Å². The monoisotopic (exact) mass is 280 g/mol. The number of alkyl halides is 1. The fourth-order valence-electron chi connectivity index (χ4n) is 1.09. The number of halogens is 1. The van der Waals surface area contributed by atoms with Gasteiger partial charge >= 0.3 is 0 Å². The molecule has 1 aromatic heterocycles. The molecule has 0 aliphatic heterocycles. The zero-order valence-electron chi connectivity index (χ0n) is 11.1. The normalized spacial score (nSPS) is 10.3. The van der Waals surface area contributed by atoms with Crippen LogP contribution in [0.15, 0.2) is 24.5 Å². The van der Waals surface area contributed by atoms with Crippen LogP contribution in [-0.4, -0.2) is 29.9 Å². The maximum Gasteiger partial charge on any atom is 0.227 e. The molecule has 0 saturated heterocycles. The predicted octanol–water partition coefficient (Wildman–Crippen LogP) is 1.84. The molecule has 19 heavy (non-hydrogen) atoms. The van der Waals surface area contributed by atoms with Crippen LogP contribution in [0.1, 0.15) is 13.8 Å². The minimum atomic E-state index is -0.574. The summed E-state index contributed by atoms with van der Waals surface area (Å²) in [6.45, 7) is 4.12. The van der Waals surface area contributed by atoms with E-state index in [-0.39, 0.29) is 24.9 Å². The number of hydrogen-bond acceptors (Lipinski definition) is 3. The molecule has 0 saturated carbocycles. The Hall–Kier alpha value is -1.73. The van der Waals surface area contributed by atoms with Gasteiger partial charge in [0.05, 0.1) is 18.2 Å². The van der Waals surface area contributed by atoms with Crippen molar-refractivity contribution in [1.82, 2.24) is 10.3 Å². The number of ether oxygens (including phenoxy) is 1. The molecular weight excluding hydrogens is 264 g/mol.